The summed E-state index contributed by atoms with van der Waals surface area (Å²) in [5, 5.41) is 1.03. The summed E-state index contributed by atoms with van der Waals surface area (Å²) in [4.78, 5) is 58.3. The van der Waals surface area contributed by atoms with Crippen LogP contribution in [-0.2, 0) is 40.5 Å². The fourth-order valence-corrected chi connectivity index (χ4v) is 14.0. The Morgan fingerprint density at radius 1 is 0.267 bits per heavy atom. The number of pyridine rings is 4. The van der Waals surface area contributed by atoms with Crippen molar-refractivity contribution in [3.05, 3.63) is 223 Å². The molecule has 0 spiro atoms. The first kappa shape index (κ1) is 55.9. The fraction of sp³-hybridized carbons (Fsp3) is 0. The summed E-state index contributed by atoms with van der Waals surface area (Å²) in [6.07, 6.45) is 0. The number of hydrogen-bond donors (Lipinski definition) is 4. The number of rotatable bonds is 12. The molecule has 26 heteroatoms. The Balaban J connectivity index is 1.23. The van der Waals surface area contributed by atoms with Gasteiger partial charge in [-0.05, 0) is 146 Å². The topological polar surface area (TPSA) is 331 Å². The van der Waals surface area contributed by atoms with Gasteiger partial charge in [0, 0.05) is 76.8 Å². The number of benzene rings is 11. The molecule has 0 radical (unpaired) electrons. The van der Waals surface area contributed by atoms with Gasteiger partial charge in [-0.15, -0.1) is 0 Å². The van der Waals surface area contributed by atoms with Crippen molar-refractivity contribution in [2.75, 3.05) is 0 Å². The van der Waals surface area contributed by atoms with Gasteiger partial charge in [-0.25, -0.2) is 0 Å². The highest BCUT2D eigenvalue weighted by Gasteiger charge is 2.33. The lowest BCUT2D eigenvalue weighted by Crippen LogP contribution is -2.19. The Morgan fingerprint density at radius 2 is 0.522 bits per heavy atom. The zero-order chi connectivity index (χ0) is 62.8. The second-order valence-corrected chi connectivity index (χ2v) is 26.7. The molecule has 0 fully saturated rings. The molecule has 444 valence electrons. The summed E-state index contributed by atoms with van der Waals surface area (Å²) in [6, 6.07) is 39.4. The average molecular weight is 1280 g/mol. The first-order valence-corrected chi connectivity index (χ1v) is 32.3. The molecule has 0 amide bonds. The van der Waals surface area contributed by atoms with Crippen molar-refractivity contribution in [3.8, 4) is 46.0 Å². The second-order valence-electron chi connectivity index (χ2n) is 21.0. The molecule has 0 saturated heterocycles. The van der Waals surface area contributed by atoms with Crippen molar-refractivity contribution in [2.45, 2.75) is 19.6 Å². The van der Waals surface area contributed by atoms with Crippen molar-refractivity contribution in [1.82, 2.24) is 8.80 Å². The third-order valence-corrected chi connectivity index (χ3v) is 19.3. The summed E-state index contributed by atoms with van der Waals surface area (Å²) < 4.78 is 170. The number of para-hydroxylation sites is 2. The van der Waals surface area contributed by atoms with Crippen LogP contribution in [-0.4, -0.2) is 60.7 Å². The Hall–Kier alpha value is -10.7. The Kier molecular flexibility index (Phi) is 12.0. The minimum absolute atomic E-state index is 0.0264. The number of fused-ring (bicyclic) bond motifs is 10. The molecular weight excluding hydrogens is 1240 g/mol. The average Bonchev–Trinajstić information content (AvgIpc) is 0.671. The number of nitrogens with zero attached hydrogens (tertiary/aromatic N) is 2. The van der Waals surface area contributed by atoms with E-state index in [0.717, 1.165) is 48.5 Å². The Morgan fingerprint density at radius 3 is 0.789 bits per heavy atom. The standard InChI is InChI=1S/C64H34N2O20S4/c67-49-29-47-41-25-51(83-31-9-17-35(18-10-31)87(71,72)73)57-60-54(86-34-15-23-38(24-16-34)90(80,81)82)28-44-56-42(48-30-50(68)40-6-2-4-8-46(40)66(48)64(44)70)26-52(84-32-11-19-36(20-12-32)88(74,75)76)58(62(56)60)59-53(85-33-13-21-37(22-14-33)89(77,78)79)27-43(55(41)61(57)59)63(69)65(47)45-7-3-1-5-39(45)49/h1-30H,(H,71,72,73)(H,74,75,76)(H,77,78,79)(H,80,81,82). The maximum atomic E-state index is 15.8. The molecule has 0 bridgehead atoms. The molecule has 0 atom stereocenters. The van der Waals surface area contributed by atoms with E-state index in [9.17, 15) is 61.5 Å². The molecule has 0 unspecified atom stereocenters. The summed E-state index contributed by atoms with van der Waals surface area (Å²) in [5.74, 6) is -0.936. The smallest absolute Gasteiger partial charge is 0.294 e. The van der Waals surface area contributed by atoms with E-state index in [4.69, 9.17) is 18.9 Å². The van der Waals surface area contributed by atoms with E-state index >= 15 is 9.59 Å². The predicted octanol–water partition coefficient (Wildman–Crippen LogP) is 11.3. The van der Waals surface area contributed by atoms with Crippen LogP contribution in [0.4, 0.5) is 0 Å². The zero-order valence-corrected chi connectivity index (χ0v) is 48.4. The Bertz CT molecular complexity index is 6030. The van der Waals surface area contributed by atoms with Crippen molar-refractivity contribution in [1.29, 1.82) is 0 Å². The highest BCUT2D eigenvalue weighted by Crippen LogP contribution is 2.57. The van der Waals surface area contributed by atoms with Crippen molar-refractivity contribution in [2.24, 2.45) is 0 Å². The van der Waals surface area contributed by atoms with Crippen molar-refractivity contribution >= 4 is 138 Å². The molecule has 4 aromatic heterocycles. The van der Waals surface area contributed by atoms with Crippen LogP contribution in [0.2, 0.25) is 0 Å². The molecule has 0 aliphatic rings. The van der Waals surface area contributed by atoms with Crippen LogP contribution in [0.1, 0.15) is 0 Å². The van der Waals surface area contributed by atoms with Crippen LogP contribution in [0, 0.1) is 0 Å². The van der Waals surface area contributed by atoms with Crippen molar-refractivity contribution < 1.29 is 70.8 Å². The van der Waals surface area contributed by atoms with E-state index in [1.54, 1.807) is 36.4 Å². The molecule has 0 aliphatic carbocycles. The van der Waals surface area contributed by atoms with E-state index in [1.807, 2.05) is 0 Å². The van der Waals surface area contributed by atoms with Crippen LogP contribution >= 0.6 is 0 Å². The van der Waals surface area contributed by atoms with Gasteiger partial charge in [0.2, 0.25) is 0 Å². The third kappa shape index (κ3) is 8.72. The van der Waals surface area contributed by atoms with Gasteiger partial charge >= 0.3 is 0 Å². The molecule has 90 heavy (non-hydrogen) atoms. The van der Waals surface area contributed by atoms with Gasteiger partial charge in [0.05, 0.1) is 52.4 Å². The third-order valence-electron chi connectivity index (χ3n) is 15.8. The van der Waals surface area contributed by atoms with Gasteiger partial charge in [0.15, 0.2) is 10.9 Å². The summed E-state index contributed by atoms with van der Waals surface area (Å²) in [5.41, 5.74) is -1.92. The van der Waals surface area contributed by atoms with Crippen LogP contribution in [0.5, 0.6) is 46.0 Å². The molecular formula is C64H34N2O20S4. The largest absolute Gasteiger partial charge is 0.457 e. The minimum Gasteiger partial charge on any atom is -0.457 e. The molecule has 15 rings (SSSR count). The second kappa shape index (κ2) is 19.4. The lowest BCUT2D eigenvalue weighted by Gasteiger charge is -2.26. The summed E-state index contributed by atoms with van der Waals surface area (Å²) in [7, 11) is -19.1. The van der Waals surface area contributed by atoms with Gasteiger partial charge in [-0.2, -0.15) is 33.7 Å². The van der Waals surface area contributed by atoms with Crippen LogP contribution in [0.15, 0.2) is 221 Å². The monoisotopic (exact) mass is 1280 g/mol. The maximum absolute atomic E-state index is 15.8. The quantitative estimate of drug-likeness (QED) is 0.0501. The van der Waals surface area contributed by atoms with Crippen LogP contribution in [0.3, 0.4) is 0 Å². The van der Waals surface area contributed by atoms with Crippen molar-refractivity contribution in [3.63, 3.8) is 0 Å². The van der Waals surface area contributed by atoms with Crippen LogP contribution in [0.25, 0.3) is 97.5 Å². The van der Waals surface area contributed by atoms with E-state index in [-0.39, 0.29) is 143 Å². The normalized spacial score (nSPS) is 12.8. The fourth-order valence-electron chi connectivity index (χ4n) is 12.1. The number of hydrogen-bond acceptors (Lipinski definition) is 16. The van der Waals surface area contributed by atoms with E-state index < -0.39 is 82.0 Å². The van der Waals surface area contributed by atoms with Crippen LogP contribution < -0.4 is 40.9 Å². The van der Waals surface area contributed by atoms with E-state index in [0.29, 0.717) is 0 Å². The Labute approximate surface area is 503 Å². The molecule has 0 aliphatic heterocycles. The van der Waals surface area contributed by atoms with Gasteiger partial charge in [0.1, 0.15) is 46.0 Å². The zero-order valence-electron chi connectivity index (χ0n) is 45.2. The van der Waals surface area contributed by atoms with Gasteiger partial charge < -0.3 is 18.9 Å². The predicted molar refractivity (Wildman–Crippen MR) is 332 cm³/mol. The molecule has 11 aromatic carbocycles. The minimum atomic E-state index is -4.77. The molecule has 4 N–H and O–H groups in total. The summed E-state index contributed by atoms with van der Waals surface area (Å²) >= 11 is 0. The van der Waals surface area contributed by atoms with E-state index in [2.05, 4.69) is 0 Å². The number of aromatic nitrogens is 2. The molecule has 0 saturated carbocycles. The first-order chi connectivity index (χ1) is 42.8. The SMILES string of the molecule is O=c1cc2c3cc(Oc4ccc(S(=O)(=O)O)cc4)c4c5c(Oc6ccc(S(=O)(=O)O)cc6)cc6c(=O)n7c8ccccc8c(=O)cc7c7cc(Oc8ccc(S(=O)(=O)O)cc8)c(c8c(Oc9ccc(S(=O)(=O)O)cc9)cc(c(=O)n2c2ccccc12)c3c84)c5c67. The maximum Gasteiger partial charge on any atom is 0.294 e. The number of ether oxygens (including phenoxy) is 4. The summed E-state index contributed by atoms with van der Waals surface area (Å²) in [6.45, 7) is 0. The molecule has 22 nitrogen and oxygen atoms in total. The molecule has 4 heterocycles. The lowest BCUT2D eigenvalue weighted by atomic mass is 9.83. The van der Waals surface area contributed by atoms with Gasteiger partial charge in [-0.3, -0.25) is 46.2 Å². The van der Waals surface area contributed by atoms with E-state index in [1.165, 1.54) is 106 Å². The lowest BCUT2D eigenvalue weighted by molar-refractivity contribution is 0.476. The first-order valence-electron chi connectivity index (χ1n) is 26.6. The molecule has 15 aromatic rings. The van der Waals surface area contributed by atoms with Gasteiger partial charge in [-0.1, -0.05) is 24.3 Å². The van der Waals surface area contributed by atoms with Gasteiger partial charge in [0.25, 0.3) is 51.6 Å². The highest BCUT2D eigenvalue weighted by molar-refractivity contribution is 7.86. The highest BCUT2D eigenvalue weighted by atomic mass is 32.2.